The predicted octanol–water partition coefficient (Wildman–Crippen LogP) is 3.32. The minimum absolute atomic E-state index is 0.238. The highest BCUT2D eigenvalue weighted by atomic mass is 35.5. The number of rotatable bonds is 1. The number of ether oxygens (including phenoxy) is 1. The number of benzene rings is 1. The van der Waals surface area contributed by atoms with Crippen LogP contribution in [0.2, 0.25) is 5.02 Å². The van der Waals surface area contributed by atoms with Crippen molar-refractivity contribution in [2.45, 2.75) is 32.1 Å². The Morgan fingerprint density at radius 3 is 2.73 bits per heavy atom. The standard InChI is InChI=1S/C12H15ClO2/c1-15-12-10(13)7-8-5-3-2-4-6-9(8)11(12)14/h7,14H,2-6H2,1H3. The molecule has 1 aliphatic carbocycles. The van der Waals surface area contributed by atoms with Gasteiger partial charge >= 0.3 is 0 Å². The highest BCUT2D eigenvalue weighted by Crippen LogP contribution is 2.41. The summed E-state index contributed by atoms with van der Waals surface area (Å²) in [4.78, 5) is 0. The van der Waals surface area contributed by atoms with Crippen molar-refractivity contribution < 1.29 is 9.84 Å². The molecule has 0 saturated heterocycles. The van der Waals surface area contributed by atoms with Crippen LogP contribution < -0.4 is 4.74 Å². The number of phenolic OH excluding ortho intramolecular Hbond substituents is 1. The van der Waals surface area contributed by atoms with Crippen LogP contribution in [0.4, 0.5) is 0 Å². The van der Waals surface area contributed by atoms with Crippen molar-refractivity contribution >= 4 is 11.6 Å². The monoisotopic (exact) mass is 226 g/mol. The van der Waals surface area contributed by atoms with Crippen molar-refractivity contribution in [2.75, 3.05) is 7.11 Å². The average molecular weight is 227 g/mol. The van der Waals surface area contributed by atoms with E-state index in [1.165, 1.54) is 25.5 Å². The maximum atomic E-state index is 10.0. The lowest BCUT2D eigenvalue weighted by molar-refractivity contribution is 0.370. The Morgan fingerprint density at radius 2 is 2.00 bits per heavy atom. The van der Waals surface area contributed by atoms with E-state index < -0.39 is 0 Å². The van der Waals surface area contributed by atoms with E-state index in [2.05, 4.69) is 0 Å². The third-order valence-electron chi connectivity index (χ3n) is 2.98. The molecule has 0 atom stereocenters. The van der Waals surface area contributed by atoms with E-state index in [0.29, 0.717) is 10.8 Å². The fourth-order valence-electron chi connectivity index (χ4n) is 2.20. The number of aryl methyl sites for hydroxylation is 1. The molecule has 1 aromatic rings. The van der Waals surface area contributed by atoms with Gasteiger partial charge in [-0.25, -0.2) is 0 Å². The average Bonchev–Trinajstić information content (AvgIpc) is 2.43. The van der Waals surface area contributed by atoms with Crippen LogP contribution in [0.25, 0.3) is 0 Å². The molecule has 2 rings (SSSR count). The molecule has 0 bridgehead atoms. The van der Waals surface area contributed by atoms with Gasteiger partial charge in [0.1, 0.15) is 0 Å². The third-order valence-corrected chi connectivity index (χ3v) is 3.26. The molecule has 0 amide bonds. The summed E-state index contributed by atoms with van der Waals surface area (Å²) in [5.41, 5.74) is 2.20. The summed E-state index contributed by atoms with van der Waals surface area (Å²) < 4.78 is 5.10. The van der Waals surface area contributed by atoms with Crippen LogP contribution in [-0.4, -0.2) is 12.2 Å². The topological polar surface area (TPSA) is 29.5 Å². The Morgan fingerprint density at radius 1 is 1.27 bits per heavy atom. The Bertz CT molecular complexity index is 374. The van der Waals surface area contributed by atoms with Gasteiger partial charge in [0, 0.05) is 5.56 Å². The van der Waals surface area contributed by atoms with Crippen LogP contribution >= 0.6 is 11.6 Å². The molecule has 3 heteroatoms. The molecule has 1 aliphatic rings. The molecule has 2 nitrogen and oxygen atoms in total. The van der Waals surface area contributed by atoms with Gasteiger partial charge in [0.05, 0.1) is 12.1 Å². The summed E-state index contributed by atoms with van der Waals surface area (Å²) in [6.07, 6.45) is 5.45. The van der Waals surface area contributed by atoms with Crippen molar-refractivity contribution in [2.24, 2.45) is 0 Å². The lowest BCUT2D eigenvalue weighted by atomic mass is 10.0. The van der Waals surface area contributed by atoms with Crippen LogP contribution in [0.1, 0.15) is 30.4 Å². The summed E-state index contributed by atoms with van der Waals surface area (Å²) in [5, 5.41) is 10.5. The van der Waals surface area contributed by atoms with Gasteiger partial charge < -0.3 is 9.84 Å². The van der Waals surface area contributed by atoms with Crippen molar-refractivity contribution in [1.29, 1.82) is 0 Å². The van der Waals surface area contributed by atoms with E-state index in [-0.39, 0.29) is 5.75 Å². The number of hydrogen-bond donors (Lipinski definition) is 1. The fourth-order valence-corrected chi connectivity index (χ4v) is 2.50. The molecule has 0 aliphatic heterocycles. The van der Waals surface area contributed by atoms with Gasteiger partial charge in [0.2, 0.25) is 0 Å². The van der Waals surface area contributed by atoms with E-state index in [9.17, 15) is 5.11 Å². The highest BCUT2D eigenvalue weighted by molar-refractivity contribution is 6.32. The van der Waals surface area contributed by atoms with E-state index in [1.54, 1.807) is 0 Å². The molecule has 1 N–H and O–H groups in total. The number of phenols is 1. The molecular formula is C12H15ClO2. The smallest absolute Gasteiger partial charge is 0.179 e. The first-order chi connectivity index (χ1) is 7.24. The van der Waals surface area contributed by atoms with Crippen LogP contribution in [0, 0.1) is 0 Å². The lowest BCUT2D eigenvalue weighted by Crippen LogP contribution is -1.95. The van der Waals surface area contributed by atoms with Crippen LogP contribution in [-0.2, 0) is 12.8 Å². The van der Waals surface area contributed by atoms with Crippen LogP contribution in [0.5, 0.6) is 11.5 Å². The molecular weight excluding hydrogens is 212 g/mol. The van der Waals surface area contributed by atoms with Crippen LogP contribution in [0.15, 0.2) is 6.07 Å². The lowest BCUT2D eigenvalue weighted by Gasteiger charge is -2.13. The van der Waals surface area contributed by atoms with E-state index in [1.807, 2.05) is 6.07 Å². The number of fused-ring (bicyclic) bond motifs is 1. The third kappa shape index (κ3) is 1.91. The zero-order valence-corrected chi connectivity index (χ0v) is 9.60. The molecule has 0 heterocycles. The first kappa shape index (κ1) is 10.6. The predicted molar refractivity (Wildman–Crippen MR) is 60.9 cm³/mol. The summed E-state index contributed by atoms with van der Waals surface area (Å²) in [5.74, 6) is 0.652. The first-order valence-electron chi connectivity index (χ1n) is 5.31. The maximum Gasteiger partial charge on any atom is 0.179 e. The Balaban J connectivity index is 2.53. The first-order valence-corrected chi connectivity index (χ1v) is 5.69. The summed E-state index contributed by atoms with van der Waals surface area (Å²) in [7, 11) is 1.53. The van der Waals surface area contributed by atoms with Crippen molar-refractivity contribution in [3.8, 4) is 11.5 Å². The number of methoxy groups -OCH3 is 1. The van der Waals surface area contributed by atoms with Gasteiger partial charge in [0.15, 0.2) is 11.5 Å². The van der Waals surface area contributed by atoms with Crippen molar-refractivity contribution in [1.82, 2.24) is 0 Å². The number of aromatic hydroxyl groups is 1. The summed E-state index contributed by atoms with van der Waals surface area (Å²) in [6.45, 7) is 0. The van der Waals surface area contributed by atoms with Gasteiger partial charge in [-0.1, -0.05) is 18.0 Å². The molecule has 15 heavy (non-hydrogen) atoms. The minimum atomic E-state index is 0.238. The molecule has 0 fully saturated rings. The molecule has 0 saturated carbocycles. The molecule has 0 unspecified atom stereocenters. The molecule has 0 aromatic heterocycles. The molecule has 0 radical (unpaired) electrons. The zero-order chi connectivity index (χ0) is 10.8. The van der Waals surface area contributed by atoms with Gasteiger partial charge in [-0.05, 0) is 37.3 Å². The zero-order valence-electron chi connectivity index (χ0n) is 8.85. The summed E-state index contributed by atoms with van der Waals surface area (Å²) >= 11 is 6.03. The van der Waals surface area contributed by atoms with E-state index in [4.69, 9.17) is 16.3 Å². The SMILES string of the molecule is COc1c(Cl)cc2c(c1O)CCCCC2. The van der Waals surface area contributed by atoms with Gasteiger partial charge in [0.25, 0.3) is 0 Å². The Labute approximate surface area is 94.8 Å². The van der Waals surface area contributed by atoms with Crippen molar-refractivity contribution in [3.05, 3.63) is 22.2 Å². The van der Waals surface area contributed by atoms with Gasteiger partial charge in [-0.2, -0.15) is 0 Å². The molecule has 82 valence electrons. The number of halogens is 1. The second-order valence-corrected chi connectivity index (χ2v) is 4.35. The Hall–Kier alpha value is -0.890. The second-order valence-electron chi connectivity index (χ2n) is 3.94. The van der Waals surface area contributed by atoms with Gasteiger partial charge in [-0.3, -0.25) is 0 Å². The summed E-state index contributed by atoms with van der Waals surface area (Å²) in [6, 6.07) is 1.93. The van der Waals surface area contributed by atoms with E-state index in [0.717, 1.165) is 24.8 Å². The Kier molecular flexibility index (Phi) is 3.06. The van der Waals surface area contributed by atoms with Crippen molar-refractivity contribution in [3.63, 3.8) is 0 Å². The minimum Gasteiger partial charge on any atom is -0.504 e. The van der Waals surface area contributed by atoms with E-state index >= 15 is 0 Å². The quantitative estimate of drug-likeness (QED) is 0.745. The van der Waals surface area contributed by atoms with Gasteiger partial charge in [-0.15, -0.1) is 0 Å². The molecule has 0 spiro atoms. The fraction of sp³-hybridized carbons (Fsp3) is 0.500. The normalized spacial score (nSPS) is 15.6. The largest absolute Gasteiger partial charge is 0.504 e. The van der Waals surface area contributed by atoms with Crippen LogP contribution in [0.3, 0.4) is 0 Å². The second kappa shape index (κ2) is 4.31. The maximum absolute atomic E-state index is 10.0. The molecule has 1 aromatic carbocycles. The number of hydrogen-bond acceptors (Lipinski definition) is 2. The highest BCUT2D eigenvalue weighted by Gasteiger charge is 2.18.